The maximum absolute atomic E-state index is 13.5. The minimum atomic E-state index is -0.526. The monoisotopic (exact) mass is 393 g/mol. The molecule has 5 heteroatoms. The summed E-state index contributed by atoms with van der Waals surface area (Å²) in [7, 11) is 0. The van der Waals surface area contributed by atoms with Crippen LogP contribution in [0.4, 0.5) is 0 Å². The quantitative estimate of drug-likeness (QED) is 0.787. The van der Waals surface area contributed by atoms with E-state index in [0.717, 1.165) is 23.1 Å². The van der Waals surface area contributed by atoms with Crippen LogP contribution in [0.25, 0.3) is 0 Å². The summed E-state index contributed by atoms with van der Waals surface area (Å²) in [6.45, 7) is 6.69. The van der Waals surface area contributed by atoms with E-state index in [1.54, 1.807) is 9.80 Å². The van der Waals surface area contributed by atoms with Gasteiger partial charge in [-0.3, -0.25) is 9.59 Å². The van der Waals surface area contributed by atoms with Gasteiger partial charge in [0.05, 0.1) is 0 Å². The third kappa shape index (κ3) is 4.85. The van der Waals surface area contributed by atoms with Gasteiger partial charge in [0, 0.05) is 25.6 Å². The Morgan fingerprint density at radius 3 is 2.31 bits per heavy atom. The van der Waals surface area contributed by atoms with Crippen LogP contribution in [0.2, 0.25) is 0 Å². The third-order valence-electron chi connectivity index (χ3n) is 5.72. The van der Waals surface area contributed by atoms with E-state index in [4.69, 9.17) is 5.73 Å². The van der Waals surface area contributed by atoms with Crippen LogP contribution < -0.4 is 5.73 Å². The highest BCUT2D eigenvalue weighted by Gasteiger charge is 2.44. The summed E-state index contributed by atoms with van der Waals surface area (Å²) in [5.41, 5.74) is 9.40. The van der Waals surface area contributed by atoms with Gasteiger partial charge in [-0.05, 0) is 31.4 Å². The summed E-state index contributed by atoms with van der Waals surface area (Å²) in [6.07, 6.45) is 1.26. The number of carbonyl (C=O) groups is 2. The smallest absolute Gasteiger partial charge is 0.246 e. The second kappa shape index (κ2) is 9.23. The number of hydrogen-bond donors (Lipinski definition) is 1. The predicted molar refractivity (Wildman–Crippen MR) is 115 cm³/mol. The average molecular weight is 394 g/mol. The molecule has 1 fully saturated rings. The van der Waals surface area contributed by atoms with Crippen molar-refractivity contribution in [1.82, 2.24) is 9.80 Å². The van der Waals surface area contributed by atoms with E-state index in [0.29, 0.717) is 19.5 Å². The molecule has 0 spiro atoms. The first-order valence-corrected chi connectivity index (χ1v) is 10.4. The van der Waals surface area contributed by atoms with Gasteiger partial charge >= 0.3 is 0 Å². The molecular formula is C24H31N3O2. The number of benzene rings is 2. The normalized spacial score (nSPS) is 20.8. The Hall–Kier alpha value is -2.66. The van der Waals surface area contributed by atoms with E-state index in [-0.39, 0.29) is 17.9 Å². The number of piperazine rings is 1. The Balaban J connectivity index is 1.91. The summed E-state index contributed by atoms with van der Waals surface area (Å²) >= 11 is 0. The lowest BCUT2D eigenvalue weighted by Gasteiger charge is -2.45. The molecule has 2 aromatic carbocycles. The molecule has 0 radical (unpaired) electrons. The SMILES string of the molecule is CCC(N)CN1C(=O)C(C)N(Cc2ccccc2)C(=O)C1Cc1cccc(C)c1. The summed E-state index contributed by atoms with van der Waals surface area (Å²) in [5.74, 6) is -0.0344. The molecule has 1 aliphatic heterocycles. The van der Waals surface area contributed by atoms with Crippen molar-refractivity contribution < 1.29 is 9.59 Å². The Labute approximate surface area is 173 Å². The van der Waals surface area contributed by atoms with Gasteiger partial charge in [-0.1, -0.05) is 67.1 Å². The van der Waals surface area contributed by atoms with Crippen LogP contribution in [0.15, 0.2) is 54.6 Å². The van der Waals surface area contributed by atoms with Crippen molar-refractivity contribution in [3.05, 3.63) is 71.3 Å². The van der Waals surface area contributed by atoms with E-state index in [9.17, 15) is 9.59 Å². The molecule has 1 heterocycles. The first-order valence-electron chi connectivity index (χ1n) is 10.4. The van der Waals surface area contributed by atoms with Crippen LogP contribution in [0.5, 0.6) is 0 Å². The lowest BCUT2D eigenvalue weighted by atomic mass is 9.96. The van der Waals surface area contributed by atoms with E-state index >= 15 is 0 Å². The van der Waals surface area contributed by atoms with Crippen LogP contribution in [0, 0.1) is 6.92 Å². The zero-order valence-electron chi connectivity index (χ0n) is 17.5. The van der Waals surface area contributed by atoms with Crippen molar-refractivity contribution >= 4 is 11.8 Å². The van der Waals surface area contributed by atoms with Gasteiger partial charge in [-0.25, -0.2) is 0 Å². The third-order valence-corrected chi connectivity index (χ3v) is 5.72. The van der Waals surface area contributed by atoms with E-state index in [1.165, 1.54) is 0 Å². The van der Waals surface area contributed by atoms with Crippen LogP contribution in [0.3, 0.4) is 0 Å². The van der Waals surface area contributed by atoms with Crippen LogP contribution in [0.1, 0.15) is 37.0 Å². The molecule has 0 bridgehead atoms. The maximum Gasteiger partial charge on any atom is 0.246 e. The number of aryl methyl sites for hydroxylation is 1. The highest BCUT2D eigenvalue weighted by atomic mass is 16.2. The standard InChI is InChI=1S/C24H31N3O2/c1-4-21(25)16-27-22(14-20-12-8-9-17(2)13-20)24(29)26(18(3)23(27)28)15-19-10-6-5-7-11-19/h5-13,18,21-22H,4,14-16,25H2,1-3H3. The Morgan fingerprint density at radius 1 is 0.966 bits per heavy atom. The molecule has 3 atom stereocenters. The van der Waals surface area contributed by atoms with Gasteiger partial charge in [0.15, 0.2) is 0 Å². The summed E-state index contributed by atoms with van der Waals surface area (Å²) in [5, 5.41) is 0. The van der Waals surface area contributed by atoms with Crippen LogP contribution >= 0.6 is 0 Å². The Kier molecular flexibility index (Phi) is 6.70. The predicted octanol–water partition coefficient (Wildman–Crippen LogP) is 2.90. The lowest BCUT2D eigenvalue weighted by molar-refractivity contribution is -0.161. The zero-order valence-corrected chi connectivity index (χ0v) is 17.5. The molecule has 2 amide bonds. The van der Waals surface area contributed by atoms with Crippen LogP contribution in [-0.2, 0) is 22.6 Å². The average Bonchev–Trinajstić information content (AvgIpc) is 2.72. The van der Waals surface area contributed by atoms with Crippen molar-refractivity contribution in [1.29, 1.82) is 0 Å². The summed E-state index contributed by atoms with van der Waals surface area (Å²) in [6, 6.07) is 16.8. The number of amides is 2. The van der Waals surface area contributed by atoms with Crippen molar-refractivity contribution in [2.24, 2.45) is 5.73 Å². The largest absolute Gasteiger partial charge is 0.327 e. The molecule has 3 unspecified atom stereocenters. The maximum atomic E-state index is 13.5. The Bertz CT molecular complexity index is 852. The number of hydrogen-bond acceptors (Lipinski definition) is 3. The topological polar surface area (TPSA) is 66.6 Å². The Morgan fingerprint density at radius 2 is 1.66 bits per heavy atom. The molecule has 29 heavy (non-hydrogen) atoms. The highest BCUT2D eigenvalue weighted by Crippen LogP contribution is 2.24. The summed E-state index contributed by atoms with van der Waals surface area (Å²) in [4.78, 5) is 30.2. The van der Waals surface area contributed by atoms with Gasteiger partial charge in [-0.2, -0.15) is 0 Å². The molecule has 5 nitrogen and oxygen atoms in total. The fraction of sp³-hybridized carbons (Fsp3) is 0.417. The van der Waals surface area contributed by atoms with Gasteiger partial charge < -0.3 is 15.5 Å². The second-order valence-electron chi connectivity index (χ2n) is 8.00. The van der Waals surface area contributed by atoms with Crippen molar-refractivity contribution in [3.8, 4) is 0 Å². The van der Waals surface area contributed by atoms with E-state index in [1.807, 2.05) is 69.3 Å². The second-order valence-corrected chi connectivity index (χ2v) is 8.00. The zero-order chi connectivity index (χ0) is 21.0. The van der Waals surface area contributed by atoms with Gasteiger partial charge in [-0.15, -0.1) is 0 Å². The minimum Gasteiger partial charge on any atom is -0.327 e. The van der Waals surface area contributed by atoms with Crippen molar-refractivity contribution in [2.45, 2.75) is 58.3 Å². The molecule has 3 rings (SSSR count). The van der Waals surface area contributed by atoms with E-state index in [2.05, 4.69) is 6.07 Å². The van der Waals surface area contributed by atoms with Crippen molar-refractivity contribution in [2.75, 3.05) is 6.54 Å². The number of rotatable bonds is 7. The fourth-order valence-electron chi connectivity index (χ4n) is 3.90. The fourth-order valence-corrected chi connectivity index (χ4v) is 3.90. The molecule has 1 saturated heterocycles. The van der Waals surface area contributed by atoms with E-state index < -0.39 is 12.1 Å². The molecule has 154 valence electrons. The van der Waals surface area contributed by atoms with Gasteiger partial charge in [0.1, 0.15) is 12.1 Å². The number of nitrogens with zero attached hydrogens (tertiary/aromatic N) is 2. The van der Waals surface area contributed by atoms with Gasteiger partial charge in [0.2, 0.25) is 11.8 Å². The van der Waals surface area contributed by atoms with Gasteiger partial charge in [0.25, 0.3) is 0 Å². The first-order chi connectivity index (χ1) is 13.9. The number of nitrogens with two attached hydrogens (primary N) is 1. The molecule has 0 aliphatic carbocycles. The molecule has 0 saturated carbocycles. The van der Waals surface area contributed by atoms with Crippen molar-refractivity contribution in [3.63, 3.8) is 0 Å². The molecule has 0 aromatic heterocycles. The minimum absolute atomic E-state index is 0.00855. The lowest BCUT2D eigenvalue weighted by Crippen LogP contribution is -2.65. The number of carbonyl (C=O) groups excluding carboxylic acids is 2. The molecule has 2 N–H and O–H groups in total. The van der Waals surface area contributed by atoms with Crippen LogP contribution in [-0.4, -0.2) is 46.3 Å². The highest BCUT2D eigenvalue weighted by molar-refractivity contribution is 5.97. The molecule has 2 aromatic rings. The first kappa shape index (κ1) is 21.1. The summed E-state index contributed by atoms with van der Waals surface area (Å²) < 4.78 is 0. The molecule has 1 aliphatic rings. The molecular weight excluding hydrogens is 362 g/mol.